The van der Waals surface area contributed by atoms with Crippen molar-refractivity contribution in [2.75, 3.05) is 0 Å². The van der Waals surface area contributed by atoms with Gasteiger partial charge >= 0.3 is 5.97 Å². The predicted octanol–water partition coefficient (Wildman–Crippen LogP) is 5.22. The first-order valence-electron chi connectivity index (χ1n) is 8.67. The molecule has 146 valence electrons. The Morgan fingerprint density at radius 3 is 2.76 bits per heavy atom. The number of aromatic hydroxyl groups is 1. The average Bonchev–Trinajstić information content (AvgIpc) is 3.33. The summed E-state index contributed by atoms with van der Waals surface area (Å²) in [6.45, 7) is 2.31. The van der Waals surface area contributed by atoms with Crippen LogP contribution in [-0.4, -0.2) is 26.2 Å². The van der Waals surface area contributed by atoms with Crippen LogP contribution in [0.25, 0.3) is 20.9 Å². The van der Waals surface area contributed by atoms with E-state index < -0.39 is 5.97 Å². The lowest BCUT2D eigenvalue weighted by atomic mass is 10.1. The third-order valence-corrected chi connectivity index (χ3v) is 6.36. The number of rotatable bonds is 6. The summed E-state index contributed by atoms with van der Waals surface area (Å²) in [5.74, 6) is -0.834. The summed E-state index contributed by atoms with van der Waals surface area (Å²) in [4.78, 5) is 21.8. The molecule has 0 amide bonds. The van der Waals surface area contributed by atoms with Gasteiger partial charge in [-0.05, 0) is 36.8 Å². The zero-order chi connectivity index (χ0) is 20.4. The summed E-state index contributed by atoms with van der Waals surface area (Å²) < 4.78 is 5.68. The van der Waals surface area contributed by atoms with E-state index in [4.69, 9.17) is 9.84 Å². The smallest absolute Gasteiger partial charge is 0.339 e. The molecule has 0 unspecified atom stereocenters. The molecule has 3 heterocycles. The fourth-order valence-electron chi connectivity index (χ4n) is 2.82. The van der Waals surface area contributed by atoms with Crippen LogP contribution < -0.4 is 4.74 Å². The minimum atomic E-state index is -1.15. The summed E-state index contributed by atoms with van der Waals surface area (Å²) >= 11 is 3.09. The lowest BCUT2D eigenvalue weighted by molar-refractivity contribution is 0.0694. The van der Waals surface area contributed by atoms with Crippen LogP contribution in [-0.2, 0) is 6.61 Å². The maximum Gasteiger partial charge on any atom is 0.339 e. The molecule has 0 aliphatic rings. The Morgan fingerprint density at radius 2 is 2.03 bits per heavy atom. The van der Waals surface area contributed by atoms with Crippen molar-refractivity contribution in [1.29, 1.82) is 0 Å². The average molecular weight is 425 g/mol. The minimum absolute atomic E-state index is 0.110. The topological polar surface area (TPSA) is 92.5 Å². The number of hydrogen-bond acceptors (Lipinski definition) is 7. The van der Waals surface area contributed by atoms with Crippen molar-refractivity contribution in [3.05, 3.63) is 70.3 Å². The standard InChI is InChI=1S/C21H16N2O4S2/c1-12-20(29-19(23-12)10-27-18-4-2-3-7-22-18)14-9-17(28-11-14)13-5-6-15(21(25)26)16(24)8-13/h2-9,11,24H,10H2,1H3,(H,25,26). The van der Waals surface area contributed by atoms with Crippen molar-refractivity contribution < 1.29 is 19.7 Å². The Kier molecular flexibility index (Phi) is 5.28. The van der Waals surface area contributed by atoms with E-state index in [0.717, 1.165) is 31.6 Å². The molecule has 1 aromatic carbocycles. The quantitative estimate of drug-likeness (QED) is 0.441. The zero-order valence-electron chi connectivity index (χ0n) is 15.3. The molecule has 0 aliphatic carbocycles. The van der Waals surface area contributed by atoms with E-state index in [9.17, 15) is 9.90 Å². The van der Waals surface area contributed by atoms with Crippen molar-refractivity contribution in [3.8, 4) is 32.5 Å². The van der Waals surface area contributed by atoms with Gasteiger partial charge in [0, 0.05) is 28.1 Å². The number of aryl methyl sites for hydroxylation is 1. The van der Waals surface area contributed by atoms with Crippen molar-refractivity contribution in [3.63, 3.8) is 0 Å². The normalized spacial score (nSPS) is 10.8. The number of thiazole rings is 1. The molecular weight excluding hydrogens is 408 g/mol. The molecule has 2 N–H and O–H groups in total. The summed E-state index contributed by atoms with van der Waals surface area (Å²) in [5.41, 5.74) is 2.61. The fraction of sp³-hybridized carbons (Fsp3) is 0.0952. The highest BCUT2D eigenvalue weighted by Gasteiger charge is 2.15. The molecule has 6 nitrogen and oxygen atoms in total. The van der Waals surface area contributed by atoms with Crippen LogP contribution in [0, 0.1) is 6.92 Å². The van der Waals surface area contributed by atoms with Gasteiger partial charge in [0.15, 0.2) is 0 Å². The lowest BCUT2D eigenvalue weighted by Crippen LogP contribution is -1.96. The van der Waals surface area contributed by atoms with E-state index in [1.807, 2.05) is 30.5 Å². The third-order valence-electron chi connectivity index (χ3n) is 4.20. The van der Waals surface area contributed by atoms with E-state index >= 15 is 0 Å². The molecule has 29 heavy (non-hydrogen) atoms. The highest BCUT2D eigenvalue weighted by molar-refractivity contribution is 7.17. The molecule has 0 aliphatic heterocycles. The second-order valence-corrected chi connectivity index (χ2v) is 8.21. The Balaban J connectivity index is 1.54. The van der Waals surface area contributed by atoms with Crippen molar-refractivity contribution in [2.24, 2.45) is 0 Å². The van der Waals surface area contributed by atoms with Gasteiger partial charge in [0.05, 0.1) is 10.6 Å². The minimum Gasteiger partial charge on any atom is -0.507 e. The van der Waals surface area contributed by atoms with E-state index in [-0.39, 0.29) is 11.3 Å². The van der Waals surface area contributed by atoms with Crippen LogP contribution in [0.1, 0.15) is 21.1 Å². The van der Waals surface area contributed by atoms with E-state index in [0.29, 0.717) is 12.5 Å². The lowest BCUT2D eigenvalue weighted by Gasteiger charge is -2.02. The Hall–Kier alpha value is -3.23. The number of carboxylic acids is 1. The summed E-state index contributed by atoms with van der Waals surface area (Å²) in [6, 6.07) is 12.1. The van der Waals surface area contributed by atoms with Crippen molar-refractivity contribution in [1.82, 2.24) is 9.97 Å². The molecule has 0 spiro atoms. The van der Waals surface area contributed by atoms with Gasteiger partial charge in [-0.25, -0.2) is 14.8 Å². The maximum atomic E-state index is 11.1. The van der Waals surface area contributed by atoms with Gasteiger partial charge in [0.1, 0.15) is 22.9 Å². The molecule has 0 saturated carbocycles. The number of benzene rings is 1. The highest BCUT2D eigenvalue weighted by Crippen LogP contribution is 2.38. The maximum absolute atomic E-state index is 11.1. The first kappa shape index (κ1) is 19.1. The van der Waals surface area contributed by atoms with Gasteiger partial charge in [-0.1, -0.05) is 12.1 Å². The largest absolute Gasteiger partial charge is 0.507 e. The Labute approximate surface area is 174 Å². The second kappa shape index (κ2) is 8.02. The van der Waals surface area contributed by atoms with Crippen molar-refractivity contribution >= 4 is 28.6 Å². The van der Waals surface area contributed by atoms with E-state index in [1.165, 1.54) is 23.5 Å². The van der Waals surface area contributed by atoms with Crippen LogP contribution in [0.4, 0.5) is 0 Å². The van der Waals surface area contributed by atoms with Crippen LogP contribution in [0.3, 0.4) is 0 Å². The second-order valence-electron chi connectivity index (χ2n) is 6.22. The van der Waals surface area contributed by atoms with E-state index in [2.05, 4.69) is 9.97 Å². The molecule has 3 aromatic heterocycles. The van der Waals surface area contributed by atoms with Gasteiger partial charge < -0.3 is 14.9 Å². The molecule has 4 rings (SSSR count). The summed E-state index contributed by atoms with van der Waals surface area (Å²) in [6.07, 6.45) is 1.68. The number of hydrogen-bond donors (Lipinski definition) is 2. The molecule has 0 atom stereocenters. The number of thiophene rings is 1. The van der Waals surface area contributed by atoms with Crippen LogP contribution in [0.2, 0.25) is 0 Å². The molecule has 4 aromatic rings. The monoisotopic (exact) mass is 424 g/mol. The zero-order valence-corrected chi connectivity index (χ0v) is 17.0. The van der Waals surface area contributed by atoms with Gasteiger partial charge in [0.25, 0.3) is 0 Å². The number of nitrogens with zero attached hydrogens (tertiary/aromatic N) is 2. The number of carbonyl (C=O) groups is 1. The number of phenols is 1. The third kappa shape index (κ3) is 4.13. The van der Waals surface area contributed by atoms with Gasteiger partial charge in [-0.2, -0.15) is 0 Å². The number of ether oxygens (including phenoxy) is 1. The van der Waals surface area contributed by atoms with Crippen molar-refractivity contribution in [2.45, 2.75) is 13.5 Å². The number of aromatic carboxylic acids is 1. The molecule has 0 bridgehead atoms. The summed E-state index contributed by atoms with van der Waals surface area (Å²) in [5, 5.41) is 21.9. The van der Waals surface area contributed by atoms with E-state index in [1.54, 1.807) is 29.7 Å². The number of pyridine rings is 1. The Bertz CT molecular complexity index is 1170. The molecule has 0 radical (unpaired) electrons. The first-order valence-corrected chi connectivity index (χ1v) is 10.4. The van der Waals surface area contributed by atoms with Gasteiger partial charge in [-0.15, -0.1) is 22.7 Å². The van der Waals surface area contributed by atoms with Crippen LogP contribution in [0.15, 0.2) is 54.0 Å². The van der Waals surface area contributed by atoms with Crippen LogP contribution >= 0.6 is 22.7 Å². The summed E-state index contributed by atoms with van der Waals surface area (Å²) in [7, 11) is 0. The molecular formula is C21H16N2O4S2. The first-order chi connectivity index (χ1) is 14.0. The van der Waals surface area contributed by atoms with Gasteiger partial charge in [0.2, 0.25) is 5.88 Å². The fourth-order valence-corrected chi connectivity index (χ4v) is 4.76. The number of carboxylic acid groups (broad SMARTS) is 1. The van der Waals surface area contributed by atoms with Gasteiger partial charge in [-0.3, -0.25) is 0 Å². The number of aromatic nitrogens is 2. The highest BCUT2D eigenvalue weighted by atomic mass is 32.1. The predicted molar refractivity (Wildman–Crippen MR) is 113 cm³/mol. The van der Waals surface area contributed by atoms with Crippen LogP contribution in [0.5, 0.6) is 11.6 Å². The SMILES string of the molecule is Cc1nc(COc2ccccn2)sc1-c1csc(-c2ccc(C(=O)O)c(O)c2)c1. The molecule has 0 saturated heterocycles. The molecule has 8 heteroatoms. The molecule has 0 fully saturated rings. The Morgan fingerprint density at radius 1 is 1.17 bits per heavy atom.